The third-order valence-corrected chi connectivity index (χ3v) is 4.29. The molecule has 1 unspecified atom stereocenters. The first kappa shape index (κ1) is 12.0. The van der Waals surface area contributed by atoms with Crippen LogP contribution in [-0.2, 0) is 12.8 Å². The molecule has 1 atom stereocenters. The molecular weight excluding hydrogens is 220 g/mol. The number of rotatable bonds is 1. The minimum Gasteiger partial charge on any atom is -0.389 e. The van der Waals surface area contributed by atoms with Crippen molar-refractivity contribution in [3.05, 3.63) is 41.0 Å². The van der Waals surface area contributed by atoms with E-state index >= 15 is 0 Å². The van der Waals surface area contributed by atoms with Crippen molar-refractivity contribution in [1.82, 2.24) is 0 Å². The molecular formula is C17H22O. The van der Waals surface area contributed by atoms with Crippen LogP contribution in [0.2, 0.25) is 0 Å². The number of aliphatic hydroxyl groups is 1. The van der Waals surface area contributed by atoms with Crippen LogP contribution in [0.3, 0.4) is 0 Å². The van der Waals surface area contributed by atoms with Gasteiger partial charge in [-0.3, -0.25) is 0 Å². The van der Waals surface area contributed by atoms with Crippen molar-refractivity contribution in [2.75, 3.05) is 0 Å². The van der Waals surface area contributed by atoms with Crippen molar-refractivity contribution in [1.29, 1.82) is 0 Å². The molecule has 0 aromatic heterocycles. The summed E-state index contributed by atoms with van der Waals surface area (Å²) in [5, 5.41) is 9.99. The average molecular weight is 242 g/mol. The number of hydrogen-bond acceptors (Lipinski definition) is 1. The zero-order valence-electron chi connectivity index (χ0n) is 11.4. The van der Waals surface area contributed by atoms with Crippen LogP contribution in [0.1, 0.15) is 49.8 Å². The molecule has 0 fully saturated rings. The third-order valence-electron chi connectivity index (χ3n) is 4.29. The smallest absolute Gasteiger partial charge is 0.0732 e. The second kappa shape index (κ2) is 4.24. The zero-order valence-corrected chi connectivity index (χ0v) is 11.4. The summed E-state index contributed by atoms with van der Waals surface area (Å²) in [7, 11) is 0. The number of fused-ring (bicyclic) bond motifs is 1. The van der Waals surface area contributed by atoms with Gasteiger partial charge in [-0.15, -0.1) is 0 Å². The molecule has 1 heteroatoms. The molecule has 3 rings (SSSR count). The van der Waals surface area contributed by atoms with E-state index < -0.39 is 0 Å². The third kappa shape index (κ3) is 2.24. The first-order valence-electron chi connectivity index (χ1n) is 7.04. The zero-order chi connectivity index (χ0) is 12.8. The van der Waals surface area contributed by atoms with Gasteiger partial charge in [0.05, 0.1) is 6.10 Å². The van der Waals surface area contributed by atoms with Crippen LogP contribution in [0.25, 0.3) is 5.57 Å². The summed E-state index contributed by atoms with van der Waals surface area (Å²) in [6.45, 7) is 4.49. The summed E-state index contributed by atoms with van der Waals surface area (Å²) in [5.74, 6) is 0. The van der Waals surface area contributed by atoms with Gasteiger partial charge in [0.2, 0.25) is 0 Å². The Morgan fingerprint density at radius 2 is 1.94 bits per heavy atom. The van der Waals surface area contributed by atoms with Crippen LogP contribution in [0.15, 0.2) is 24.3 Å². The summed E-state index contributed by atoms with van der Waals surface area (Å²) in [6, 6.07) is 6.87. The van der Waals surface area contributed by atoms with Crippen LogP contribution in [-0.4, -0.2) is 11.2 Å². The lowest BCUT2D eigenvalue weighted by Crippen LogP contribution is -2.24. The van der Waals surface area contributed by atoms with Crippen molar-refractivity contribution in [2.45, 2.75) is 52.1 Å². The first-order valence-corrected chi connectivity index (χ1v) is 7.04. The summed E-state index contributed by atoms with van der Waals surface area (Å²) < 4.78 is 0. The lowest BCUT2D eigenvalue weighted by molar-refractivity contribution is 0.146. The fourth-order valence-electron chi connectivity index (χ4n) is 3.47. The predicted octanol–water partition coefficient (Wildman–Crippen LogP) is 3.74. The van der Waals surface area contributed by atoms with E-state index in [0.717, 1.165) is 12.8 Å². The summed E-state index contributed by atoms with van der Waals surface area (Å²) in [5.41, 5.74) is 5.90. The normalized spacial score (nSPS) is 25.7. The maximum Gasteiger partial charge on any atom is 0.0732 e. The Morgan fingerprint density at radius 3 is 2.72 bits per heavy atom. The molecule has 2 aliphatic rings. The van der Waals surface area contributed by atoms with Gasteiger partial charge in [0.1, 0.15) is 0 Å². The Balaban J connectivity index is 1.95. The van der Waals surface area contributed by atoms with Crippen LogP contribution in [0, 0.1) is 5.41 Å². The van der Waals surface area contributed by atoms with E-state index in [4.69, 9.17) is 0 Å². The lowest BCUT2D eigenvalue weighted by atomic mass is 9.74. The molecule has 0 amide bonds. The maximum atomic E-state index is 9.99. The Morgan fingerprint density at radius 1 is 1.17 bits per heavy atom. The topological polar surface area (TPSA) is 20.2 Å². The second-order valence-electron chi connectivity index (χ2n) is 6.64. The van der Waals surface area contributed by atoms with E-state index in [1.54, 1.807) is 0 Å². The summed E-state index contributed by atoms with van der Waals surface area (Å²) in [6.07, 6.45) is 7.49. The second-order valence-corrected chi connectivity index (χ2v) is 6.64. The van der Waals surface area contributed by atoms with Crippen molar-refractivity contribution < 1.29 is 5.11 Å². The molecule has 2 aliphatic carbocycles. The van der Waals surface area contributed by atoms with Gasteiger partial charge in [-0.25, -0.2) is 0 Å². The molecule has 0 radical (unpaired) electrons. The molecule has 0 aliphatic heterocycles. The van der Waals surface area contributed by atoms with E-state index in [1.165, 1.54) is 41.5 Å². The minimum atomic E-state index is -0.281. The van der Waals surface area contributed by atoms with Crippen molar-refractivity contribution in [3.8, 4) is 0 Å². The van der Waals surface area contributed by atoms with Gasteiger partial charge in [-0.05, 0) is 59.8 Å². The summed E-state index contributed by atoms with van der Waals surface area (Å²) >= 11 is 0. The SMILES string of the molecule is CC1(C)CC(c2ccc3c(c2)CCC3)=CC(O)C1. The Labute approximate surface area is 110 Å². The highest BCUT2D eigenvalue weighted by Gasteiger charge is 2.28. The maximum absolute atomic E-state index is 9.99. The van der Waals surface area contributed by atoms with E-state index in [9.17, 15) is 5.11 Å². The molecule has 0 saturated carbocycles. The number of hydrogen-bond donors (Lipinski definition) is 1. The fraction of sp³-hybridized carbons (Fsp3) is 0.529. The van der Waals surface area contributed by atoms with Gasteiger partial charge in [-0.1, -0.05) is 38.1 Å². The molecule has 96 valence electrons. The highest BCUT2D eigenvalue weighted by atomic mass is 16.3. The summed E-state index contributed by atoms with van der Waals surface area (Å²) in [4.78, 5) is 0. The first-order chi connectivity index (χ1) is 8.53. The standard InChI is InChI=1S/C17H22O/c1-17(2)10-15(9-16(18)11-17)14-7-6-12-4-3-5-13(12)8-14/h6-9,16,18H,3-5,10-11H2,1-2H3. The molecule has 0 spiro atoms. The molecule has 18 heavy (non-hydrogen) atoms. The van der Waals surface area contributed by atoms with Gasteiger partial charge in [0.15, 0.2) is 0 Å². The molecule has 0 heterocycles. The van der Waals surface area contributed by atoms with Crippen molar-refractivity contribution in [3.63, 3.8) is 0 Å². The van der Waals surface area contributed by atoms with Gasteiger partial charge < -0.3 is 5.11 Å². The van der Waals surface area contributed by atoms with E-state index in [1.807, 2.05) is 0 Å². The number of allylic oxidation sites excluding steroid dienone is 1. The minimum absolute atomic E-state index is 0.211. The number of benzene rings is 1. The molecule has 0 bridgehead atoms. The highest BCUT2D eigenvalue weighted by Crippen LogP contribution is 2.40. The van der Waals surface area contributed by atoms with Gasteiger partial charge >= 0.3 is 0 Å². The quantitative estimate of drug-likeness (QED) is 0.795. The van der Waals surface area contributed by atoms with Crippen LogP contribution >= 0.6 is 0 Å². The Kier molecular flexibility index (Phi) is 2.82. The molecule has 1 nitrogen and oxygen atoms in total. The van der Waals surface area contributed by atoms with Crippen LogP contribution < -0.4 is 0 Å². The molecule has 0 saturated heterocycles. The highest BCUT2D eigenvalue weighted by molar-refractivity contribution is 5.68. The van der Waals surface area contributed by atoms with Crippen LogP contribution in [0.5, 0.6) is 0 Å². The van der Waals surface area contributed by atoms with Crippen molar-refractivity contribution in [2.24, 2.45) is 5.41 Å². The van der Waals surface area contributed by atoms with Gasteiger partial charge in [-0.2, -0.15) is 0 Å². The predicted molar refractivity (Wildman–Crippen MR) is 75.5 cm³/mol. The fourth-order valence-corrected chi connectivity index (χ4v) is 3.47. The lowest BCUT2D eigenvalue weighted by Gasteiger charge is -2.32. The van der Waals surface area contributed by atoms with E-state index in [-0.39, 0.29) is 11.5 Å². The molecule has 1 N–H and O–H groups in total. The van der Waals surface area contributed by atoms with Crippen molar-refractivity contribution >= 4 is 5.57 Å². The Bertz CT molecular complexity index is 496. The largest absolute Gasteiger partial charge is 0.389 e. The average Bonchev–Trinajstić information content (AvgIpc) is 2.72. The van der Waals surface area contributed by atoms with Gasteiger partial charge in [0, 0.05) is 0 Å². The number of aryl methyl sites for hydroxylation is 2. The van der Waals surface area contributed by atoms with E-state index in [0.29, 0.717) is 0 Å². The molecule has 1 aromatic rings. The Hall–Kier alpha value is -1.08. The van der Waals surface area contributed by atoms with Crippen LogP contribution in [0.4, 0.5) is 0 Å². The van der Waals surface area contributed by atoms with E-state index in [2.05, 4.69) is 38.1 Å². The monoisotopic (exact) mass is 242 g/mol. The number of aliphatic hydroxyl groups excluding tert-OH is 1. The van der Waals surface area contributed by atoms with Gasteiger partial charge in [0.25, 0.3) is 0 Å². The molecule has 1 aromatic carbocycles.